The van der Waals surface area contributed by atoms with Crippen molar-refractivity contribution in [3.05, 3.63) is 69.2 Å². The number of carbonyl (C=O) groups excluding carboxylic acids is 1. The summed E-state index contributed by atoms with van der Waals surface area (Å²) in [4.78, 5) is 24.6. The van der Waals surface area contributed by atoms with Crippen molar-refractivity contribution in [2.24, 2.45) is 0 Å². The van der Waals surface area contributed by atoms with Gasteiger partial charge in [0, 0.05) is 34.0 Å². The molecule has 7 heteroatoms. The van der Waals surface area contributed by atoms with Gasteiger partial charge in [-0.1, -0.05) is 23.7 Å². The van der Waals surface area contributed by atoms with E-state index in [1.54, 1.807) is 26.2 Å². The zero-order valence-electron chi connectivity index (χ0n) is 16.5. The van der Waals surface area contributed by atoms with Gasteiger partial charge in [-0.2, -0.15) is 0 Å². The van der Waals surface area contributed by atoms with Crippen LogP contribution in [0.3, 0.4) is 0 Å². The maximum atomic E-state index is 12.5. The topological polar surface area (TPSA) is 92.7 Å². The molecule has 4 aromatic rings. The first-order chi connectivity index (χ1) is 14.3. The summed E-state index contributed by atoms with van der Waals surface area (Å²) in [7, 11) is 0. The molecule has 0 saturated heterocycles. The SMILES string of the molecule is Cc1c(CC(=O)NCC(C)O)c(=O)oc2cc3occ(-c4ccc(Cl)cc4)c3cc12. The van der Waals surface area contributed by atoms with Crippen LogP contribution < -0.4 is 10.9 Å². The maximum absolute atomic E-state index is 12.5. The molecule has 1 atom stereocenters. The predicted octanol–water partition coefficient (Wildman–Crippen LogP) is 4.21. The van der Waals surface area contributed by atoms with Gasteiger partial charge in [-0.05, 0) is 43.2 Å². The van der Waals surface area contributed by atoms with Crippen LogP contribution in [0.1, 0.15) is 18.1 Å². The first-order valence-corrected chi connectivity index (χ1v) is 9.89. The van der Waals surface area contributed by atoms with Gasteiger partial charge in [0.25, 0.3) is 0 Å². The number of aliphatic hydroxyl groups is 1. The van der Waals surface area contributed by atoms with Crippen LogP contribution in [0.2, 0.25) is 5.02 Å². The van der Waals surface area contributed by atoms with E-state index < -0.39 is 11.7 Å². The Morgan fingerprint density at radius 3 is 2.60 bits per heavy atom. The van der Waals surface area contributed by atoms with E-state index in [1.807, 2.05) is 30.3 Å². The second-order valence-electron chi connectivity index (χ2n) is 7.32. The molecule has 2 N–H and O–H groups in total. The number of fused-ring (bicyclic) bond motifs is 2. The average Bonchev–Trinajstić information content (AvgIpc) is 3.12. The first-order valence-electron chi connectivity index (χ1n) is 9.51. The number of furan rings is 1. The number of benzene rings is 2. The second-order valence-corrected chi connectivity index (χ2v) is 7.76. The van der Waals surface area contributed by atoms with Crippen LogP contribution in [0.4, 0.5) is 0 Å². The number of carbonyl (C=O) groups is 1. The van der Waals surface area contributed by atoms with E-state index in [1.165, 1.54) is 0 Å². The Labute approximate surface area is 177 Å². The van der Waals surface area contributed by atoms with Gasteiger partial charge in [0.15, 0.2) is 0 Å². The molecule has 0 bridgehead atoms. The molecule has 6 nitrogen and oxygen atoms in total. The Morgan fingerprint density at radius 2 is 1.90 bits per heavy atom. The number of halogens is 1. The lowest BCUT2D eigenvalue weighted by Gasteiger charge is -2.10. The third-order valence-electron chi connectivity index (χ3n) is 5.07. The van der Waals surface area contributed by atoms with Crippen molar-refractivity contribution in [1.29, 1.82) is 0 Å². The largest absolute Gasteiger partial charge is 0.464 e. The molecule has 0 aliphatic carbocycles. The molecule has 0 radical (unpaired) electrons. The highest BCUT2D eigenvalue weighted by atomic mass is 35.5. The number of aryl methyl sites for hydroxylation is 1. The van der Waals surface area contributed by atoms with Crippen molar-refractivity contribution >= 4 is 39.4 Å². The van der Waals surface area contributed by atoms with Crippen LogP contribution in [0.25, 0.3) is 33.1 Å². The number of aliphatic hydroxyl groups excluding tert-OH is 1. The Bertz CT molecular complexity index is 1300. The highest BCUT2D eigenvalue weighted by Gasteiger charge is 2.18. The molecule has 0 fully saturated rings. The standard InChI is InChI=1S/C23H20ClNO5/c1-12(26)10-25-22(27)8-17-13(2)16-7-18-19(14-3-5-15(24)6-4-14)11-29-20(18)9-21(16)30-23(17)28/h3-7,9,11-12,26H,8,10H2,1-2H3,(H,25,27). The van der Waals surface area contributed by atoms with Crippen LogP contribution in [0, 0.1) is 6.92 Å². The van der Waals surface area contributed by atoms with Gasteiger partial charge in [0.2, 0.25) is 5.91 Å². The summed E-state index contributed by atoms with van der Waals surface area (Å²) in [5.74, 6) is -0.350. The fraction of sp³-hybridized carbons (Fsp3) is 0.217. The van der Waals surface area contributed by atoms with E-state index in [0.29, 0.717) is 27.3 Å². The monoisotopic (exact) mass is 425 g/mol. The molecule has 0 saturated carbocycles. The molecule has 0 aliphatic heterocycles. The lowest BCUT2D eigenvalue weighted by atomic mass is 9.99. The Kier molecular flexibility index (Phi) is 5.37. The third kappa shape index (κ3) is 3.84. The zero-order chi connectivity index (χ0) is 21.4. The molecule has 0 spiro atoms. The third-order valence-corrected chi connectivity index (χ3v) is 5.32. The zero-order valence-corrected chi connectivity index (χ0v) is 17.2. The summed E-state index contributed by atoms with van der Waals surface area (Å²) in [6.45, 7) is 3.49. The average molecular weight is 426 g/mol. The van der Waals surface area contributed by atoms with E-state index in [9.17, 15) is 14.7 Å². The van der Waals surface area contributed by atoms with Crippen molar-refractivity contribution in [2.45, 2.75) is 26.4 Å². The second kappa shape index (κ2) is 7.97. The smallest absolute Gasteiger partial charge is 0.340 e. The quantitative estimate of drug-likeness (QED) is 0.467. The summed E-state index contributed by atoms with van der Waals surface area (Å²) in [5, 5.41) is 14.2. The molecule has 2 heterocycles. The molecule has 1 unspecified atom stereocenters. The van der Waals surface area contributed by atoms with Gasteiger partial charge < -0.3 is 19.3 Å². The normalized spacial score (nSPS) is 12.4. The number of hydrogen-bond acceptors (Lipinski definition) is 5. The minimum Gasteiger partial charge on any atom is -0.464 e. The first kappa shape index (κ1) is 20.2. The fourth-order valence-corrected chi connectivity index (χ4v) is 3.58. The van der Waals surface area contributed by atoms with Crippen molar-refractivity contribution in [2.75, 3.05) is 6.54 Å². The molecule has 4 rings (SSSR count). The van der Waals surface area contributed by atoms with Gasteiger partial charge in [-0.3, -0.25) is 4.79 Å². The number of rotatable bonds is 5. The molecular formula is C23H20ClNO5. The highest BCUT2D eigenvalue weighted by molar-refractivity contribution is 6.30. The van der Waals surface area contributed by atoms with Gasteiger partial charge >= 0.3 is 5.63 Å². The number of nitrogens with one attached hydrogen (secondary N) is 1. The summed E-state index contributed by atoms with van der Waals surface area (Å²) in [5.41, 5.74) is 3.25. The minimum absolute atomic E-state index is 0.121. The Balaban J connectivity index is 1.80. The minimum atomic E-state index is -0.663. The van der Waals surface area contributed by atoms with Crippen molar-refractivity contribution < 1.29 is 18.7 Å². The molecule has 1 amide bonds. The summed E-state index contributed by atoms with van der Waals surface area (Å²) < 4.78 is 11.2. The maximum Gasteiger partial charge on any atom is 0.340 e. The lowest BCUT2D eigenvalue weighted by molar-refractivity contribution is -0.120. The Hall–Kier alpha value is -3.09. The molecule has 2 aromatic carbocycles. The molecule has 0 aliphatic rings. The van der Waals surface area contributed by atoms with Crippen LogP contribution in [-0.4, -0.2) is 23.7 Å². The van der Waals surface area contributed by atoms with E-state index in [2.05, 4.69) is 5.32 Å². The predicted molar refractivity (Wildman–Crippen MR) is 116 cm³/mol. The molecule has 2 aromatic heterocycles. The molecule has 30 heavy (non-hydrogen) atoms. The van der Waals surface area contributed by atoms with Gasteiger partial charge in [0.1, 0.15) is 11.2 Å². The van der Waals surface area contributed by atoms with Crippen molar-refractivity contribution in [3.63, 3.8) is 0 Å². The van der Waals surface area contributed by atoms with E-state index >= 15 is 0 Å². The lowest BCUT2D eigenvalue weighted by Crippen LogP contribution is -2.33. The van der Waals surface area contributed by atoms with Crippen LogP contribution >= 0.6 is 11.6 Å². The summed E-state index contributed by atoms with van der Waals surface area (Å²) in [6.07, 6.45) is 0.873. The summed E-state index contributed by atoms with van der Waals surface area (Å²) >= 11 is 5.99. The summed E-state index contributed by atoms with van der Waals surface area (Å²) in [6, 6.07) is 11.0. The van der Waals surface area contributed by atoms with E-state index in [-0.39, 0.29) is 18.9 Å². The van der Waals surface area contributed by atoms with Gasteiger partial charge in [0.05, 0.1) is 24.4 Å². The Morgan fingerprint density at radius 1 is 1.17 bits per heavy atom. The number of amides is 1. The van der Waals surface area contributed by atoms with Gasteiger partial charge in [-0.25, -0.2) is 4.79 Å². The van der Waals surface area contributed by atoms with E-state index in [4.69, 9.17) is 20.4 Å². The van der Waals surface area contributed by atoms with E-state index in [0.717, 1.165) is 21.9 Å². The van der Waals surface area contributed by atoms with Gasteiger partial charge in [-0.15, -0.1) is 0 Å². The fourth-order valence-electron chi connectivity index (χ4n) is 3.45. The van der Waals surface area contributed by atoms with Crippen LogP contribution in [0.15, 0.2) is 56.3 Å². The number of hydrogen-bond donors (Lipinski definition) is 2. The molecule has 154 valence electrons. The van der Waals surface area contributed by atoms with Crippen molar-refractivity contribution in [1.82, 2.24) is 5.32 Å². The highest BCUT2D eigenvalue weighted by Crippen LogP contribution is 2.35. The molecular weight excluding hydrogens is 406 g/mol. The van der Waals surface area contributed by atoms with Crippen LogP contribution in [-0.2, 0) is 11.2 Å². The van der Waals surface area contributed by atoms with Crippen LogP contribution in [0.5, 0.6) is 0 Å². The van der Waals surface area contributed by atoms with Crippen molar-refractivity contribution in [3.8, 4) is 11.1 Å².